The number of halogens is 4. The number of fused-ring (bicyclic) bond motifs is 1. The largest absolute Gasteiger partial charge is 0.443 e. The van der Waals surface area contributed by atoms with Gasteiger partial charge < -0.3 is 4.74 Å². The maximum Gasteiger partial charge on any atom is 0.325 e. The van der Waals surface area contributed by atoms with E-state index in [4.69, 9.17) is 27.9 Å². The summed E-state index contributed by atoms with van der Waals surface area (Å²) in [5.41, 5.74) is -1.72. The third kappa shape index (κ3) is 5.16. The van der Waals surface area contributed by atoms with Crippen molar-refractivity contribution < 1.29 is 18.3 Å². The molecule has 0 saturated carbocycles. The van der Waals surface area contributed by atoms with Crippen molar-refractivity contribution in [2.45, 2.75) is 63.3 Å². The first-order valence-electron chi connectivity index (χ1n) is 12.6. The summed E-state index contributed by atoms with van der Waals surface area (Å²) < 4.78 is 34.2. The lowest BCUT2D eigenvalue weighted by atomic mass is 9.65. The third-order valence-corrected chi connectivity index (χ3v) is 8.39. The van der Waals surface area contributed by atoms with Crippen molar-refractivity contribution in [1.29, 1.82) is 5.26 Å². The van der Waals surface area contributed by atoms with Gasteiger partial charge >= 0.3 is 5.97 Å². The van der Waals surface area contributed by atoms with E-state index in [2.05, 4.69) is 19.9 Å². The zero-order chi connectivity index (χ0) is 28.6. The zero-order valence-corrected chi connectivity index (χ0v) is 23.7. The standard InChI is InChI=1S/C31H30Cl2F2N2O2/c1-29(2,20-10-6-5-7-11-20)18-24-31(19-36,16-9-12-21(32)15-17-34)25(22-13-8-14-23(33)26(22)35)27-28(38)39-30(3,4)37(24)27/h5-17,24-25,27H,18H2,1-4H3/b16-9+,17-15+,21-12+/t24-,25-,27+,31+/m0/s1. The minimum atomic E-state index is -1.41. The van der Waals surface area contributed by atoms with Crippen molar-refractivity contribution in [3.63, 3.8) is 0 Å². The Balaban J connectivity index is 1.99. The van der Waals surface area contributed by atoms with E-state index in [9.17, 15) is 14.4 Å². The van der Waals surface area contributed by atoms with Crippen LogP contribution in [-0.4, -0.2) is 28.7 Å². The third-order valence-electron chi connectivity index (χ3n) is 7.85. The Hall–Kier alpha value is -2.98. The highest BCUT2D eigenvalue weighted by Gasteiger charge is 2.69. The SMILES string of the molecule is CC(C)(C[C@@H]1N2[C@@H](C(=O)OC2(C)C)[C@H](c2cccc(Cl)c2F)[C@@]1(C#N)/C=C/C=C(Cl)\C=C\F)c1ccccc1. The lowest BCUT2D eigenvalue weighted by Gasteiger charge is -2.42. The van der Waals surface area contributed by atoms with Crippen LogP contribution < -0.4 is 0 Å². The monoisotopic (exact) mass is 570 g/mol. The molecule has 2 aromatic rings. The molecular formula is C31H30Cl2F2N2O2. The number of ether oxygens (including phenoxy) is 1. The maximum absolute atomic E-state index is 15.7. The Morgan fingerprint density at radius 3 is 2.54 bits per heavy atom. The molecular weight excluding hydrogens is 541 g/mol. The number of cyclic esters (lactones) is 1. The van der Waals surface area contributed by atoms with E-state index in [-0.39, 0.29) is 15.6 Å². The van der Waals surface area contributed by atoms with Gasteiger partial charge in [0.2, 0.25) is 0 Å². The van der Waals surface area contributed by atoms with Crippen LogP contribution in [0.2, 0.25) is 5.02 Å². The first-order valence-corrected chi connectivity index (χ1v) is 13.4. The lowest BCUT2D eigenvalue weighted by Crippen LogP contribution is -2.51. The molecule has 39 heavy (non-hydrogen) atoms. The Morgan fingerprint density at radius 2 is 1.90 bits per heavy atom. The fourth-order valence-corrected chi connectivity index (χ4v) is 6.43. The molecule has 2 aliphatic rings. The highest BCUT2D eigenvalue weighted by Crippen LogP contribution is 2.60. The van der Waals surface area contributed by atoms with Crippen LogP contribution in [-0.2, 0) is 14.9 Å². The molecule has 4 atom stereocenters. The van der Waals surface area contributed by atoms with Crippen LogP contribution in [0.1, 0.15) is 51.2 Å². The van der Waals surface area contributed by atoms with Gasteiger partial charge in [0.15, 0.2) is 5.72 Å². The van der Waals surface area contributed by atoms with Gasteiger partial charge in [0.05, 0.1) is 17.4 Å². The second kappa shape index (κ2) is 10.9. The summed E-state index contributed by atoms with van der Waals surface area (Å²) in [5.74, 6) is -2.18. The molecule has 8 heteroatoms. The fourth-order valence-electron chi connectivity index (χ4n) is 6.13. The van der Waals surface area contributed by atoms with E-state index < -0.39 is 46.3 Å². The van der Waals surface area contributed by atoms with Crippen molar-refractivity contribution in [1.82, 2.24) is 4.90 Å². The Kier molecular flexibility index (Phi) is 8.10. The molecule has 2 aliphatic heterocycles. The summed E-state index contributed by atoms with van der Waals surface area (Å²) in [6, 6.07) is 15.4. The lowest BCUT2D eigenvalue weighted by molar-refractivity contribution is -0.152. The molecule has 2 heterocycles. The molecule has 204 valence electrons. The molecule has 2 fully saturated rings. The quantitative estimate of drug-likeness (QED) is 0.250. The smallest absolute Gasteiger partial charge is 0.325 e. The second-order valence-electron chi connectivity index (χ2n) is 11.1. The predicted octanol–water partition coefficient (Wildman–Crippen LogP) is 7.95. The molecule has 4 rings (SSSR count). The number of nitrogens with zero attached hydrogens (tertiary/aromatic N) is 2. The molecule has 0 unspecified atom stereocenters. The zero-order valence-electron chi connectivity index (χ0n) is 22.2. The summed E-state index contributed by atoms with van der Waals surface area (Å²) in [7, 11) is 0. The van der Waals surface area contributed by atoms with Crippen LogP contribution in [0.3, 0.4) is 0 Å². The number of carbonyl (C=O) groups excluding carboxylic acids is 1. The van der Waals surface area contributed by atoms with E-state index in [1.807, 2.05) is 35.2 Å². The van der Waals surface area contributed by atoms with E-state index >= 15 is 4.39 Å². The Labute approximate surface area is 238 Å². The van der Waals surface area contributed by atoms with Gasteiger partial charge in [-0.2, -0.15) is 5.26 Å². The van der Waals surface area contributed by atoms with Crippen molar-refractivity contribution >= 4 is 29.2 Å². The minimum Gasteiger partial charge on any atom is -0.443 e. The number of rotatable bonds is 7. The highest BCUT2D eigenvalue weighted by molar-refractivity contribution is 6.31. The molecule has 2 saturated heterocycles. The molecule has 2 aromatic carbocycles. The molecule has 0 aliphatic carbocycles. The predicted molar refractivity (Wildman–Crippen MR) is 149 cm³/mol. The van der Waals surface area contributed by atoms with Gasteiger partial charge in [-0.3, -0.25) is 4.79 Å². The molecule has 0 amide bonds. The van der Waals surface area contributed by atoms with Crippen molar-refractivity contribution in [2.24, 2.45) is 5.41 Å². The van der Waals surface area contributed by atoms with Gasteiger partial charge in [-0.25, -0.2) is 13.7 Å². The maximum atomic E-state index is 15.7. The van der Waals surface area contributed by atoms with Crippen LogP contribution >= 0.6 is 23.2 Å². The molecule has 0 radical (unpaired) electrons. The van der Waals surface area contributed by atoms with E-state index in [1.54, 1.807) is 38.1 Å². The number of hydrogen-bond acceptors (Lipinski definition) is 4. The fraction of sp³-hybridized carbons (Fsp3) is 0.355. The van der Waals surface area contributed by atoms with Gasteiger partial charge in [-0.05, 0) is 55.0 Å². The highest BCUT2D eigenvalue weighted by atomic mass is 35.5. The molecule has 0 spiro atoms. The van der Waals surface area contributed by atoms with Gasteiger partial charge in [0.25, 0.3) is 0 Å². The normalized spacial score (nSPS) is 27.2. The van der Waals surface area contributed by atoms with Gasteiger partial charge in [0.1, 0.15) is 17.3 Å². The van der Waals surface area contributed by atoms with Crippen LogP contribution in [0.25, 0.3) is 0 Å². The summed E-state index contributed by atoms with van der Waals surface area (Å²) in [5, 5.41) is 11.0. The summed E-state index contributed by atoms with van der Waals surface area (Å²) in [4.78, 5) is 15.4. The van der Waals surface area contributed by atoms with Gasteiger partial charge in [0, 0.05) is 17.0 Å². The first kappa shape index (κ1) is 29.0. The van der Waals surface area contributed by atoms with Crippen LogP contribution in [0.4, 0.5) is 8.78 Å². The number of esters is 1. The van der Waals surface area contributed by atoms with Gasteiger partial charge in [-0.1, -0.05) is 91.7 Å². The van der Waals surface area contributed by atoms with Crippen LogP contribution in [0, 0.1) is 22.6 Å². The number of benzene rings is 2. The van der Waals surface area contributed by atoms with Crippen LogP contribution in [0.15, 0.2) is 84.2 Å². The van der Waals surface area contributed by atoms with Crippen molar-refractivity contribution in [2.75, 3.05) is 0 Å². The topological polar surface area (TPSA) is 53.3 Å². The average molecular weight is 571 g/mol. The number of carbonyl (C=O) groups is 1. The number of allylic oxidation sites excluding steroid dienone is 4. The number of hydrogen-bond donors (Lipinski definition) is 0. The Morgan fingerprint density at radius 1 is 1.21 bits per heavy atom. The molecule has 4 nitrogen and oxygen atoms in total. The Bertz CT molecular complexity index is 1380. The first-order chi connectivity index (χ1) is 18.4. The molecule has 0 aromatic heterocycles. The summed E-state index contributed by atoms with van der Waals surface area (Å²) in [6.45, 7) is 7.70. The van der Waals surface area contributed by atoms with E-state index in [0.717, 1.165) is 11.6 Å². The van der Waals surface area contributed by atoms with Crippen molar-refractivity contribution in [3.05, 3.63) is 106 Å². The second-order valence-corrected chi connectivity index (χ2v) is 11.9. The molecule has 0 N–H and O–H groups in total. The van der Waals surface area contributed by atoms with E-state index in [1.165, 1.54) is 12.1 Å². The van der Waals surface area contributed by atoms with Gasteiger partial charge in [-0.15, -0.1) is 0 Å². The molecule has 0 bridgehead atoms. The summed E-state index contributed by atoms with van der Waals surface area (Å²) in [6.07, 6.45) is 6.49. The average Bonchev–Trinajstić information content (AvgIpc) is 3.29. The number of nitriles is 1. The van der Waals surface area contributed by atoms with Crippen LogP contribution in [0.5, 0.6) is 0 Å². The van der Waals surface area contributed by atoms with Crippen molar-refractivity contribution in [3.8, 4) is 6.07 Å². The minimum absolute atomic E-state index is 0.103. The van der Waals surface area contributed by atoms with E-state index in [0.29, 0.717) is 12.8 Å². The summed E-state index contributed by atoms with van der Waals surface area (Å²) >= 11 is 12.3.